The van der Waals surface area contributed by atoms with Crippen molar-refractivity contribution < 1.29 is 19.7 Å². The number of unbranched alkanes of at least 4 members (excludes halogenated alkanes) is 1. The summed E-state index contributed by atoms with van der Waals surface area (Å²) in [5, 5.41) is 19.2. The molecule has 0 aromatic rings. The fourth-order valence-electron chi connectivity index (χ4n) is 2.11. The molecule has 0 bridgehead atoms. The Labute approximate surface area is 107 Å². The van der Waals surface area contributed by atoms with Gasteiger partial charge in [-0.15, -0.1) is 0 Å². The number of carbonyl (C=O) groups excluding carboxylic acids is 1. The number of aliphatic hydroxyl groups excluding tert-OH is 2. The molecule has 1 heterocycles. The van der Waals surface area contributed by atoms with E-state index in [1.165, 1.54) is 0 Å². The number of esters is 1. The van der Waals surface area contributed by atoms with E-state index < -0.39 is 18.2 Å². The smallest absolute Gasteiger partial charge is 0.342 e. The van der Waals surface area contributed by atoms with Crippen molar-refractivity contribution in [3.63, 3.8) is 0 Å². The summed E-state index contributed by atoms with van der Waals surface area (Å²) in [5.41, 5.74) is 1.03. The van der Waals surface area contributed by atoms with Gasteiger partial charge in [0.15, 0.2) is 0 Å². The molecule has 96 valence electrons. The van der Waals surface area contributed by atoms with Gasteiger partial charge in [-0.05, 0) is 25.3 Å². The number of rotatable bonds is 2. The highest BCUT2D eigenvalue weighted by Crippen LogP contribution is 2.37. The number of cyclic esters (lactones) is 1. The van der Waals surface area contributed by atoms with E-state index in [-0.39, 0.29) is 19.1 Å². The molecule has 0 unspecified atom stereocenters. The van der Waals surface area contributed by atoms with Crippen molar-refractivity contribution in [2.45, 2.75) is 44.8 Å². The molecule has 0 fully saturated rings. The summed E-state index contributed by atoms with van der Waals surface area (Å²) in [6.45, 7) is 2.04. The highest BCUT2D eigenvalue weighted by molar-refractivity contribution is 7.59. The van der Waals surface area contributed by atoms with Crippen molar-refractivity contribution in [3.8, 4) is 0 Å². The predicted molar refractivity (Wildman–Crippen MR) is 67.7 cm³/mol. The zero-order valence-electron chi connectivity index (χ0n) is 9.77. The van der Waals surface area contributed by atoms with Gasteiger partial charge >= 0.3 is 5.97 Å². The molecule has 4 nitrogen and oxygen atoms in total. The van der Waals surface area contributed by atoms with Gasteiger partial charge in [-0.25, -0.2) is 4.79 Å². The molecule has 0 spiro atoms. The van der Waals surface area contributed by atoms with Crippen molar-refractivity contribution >= 4 is 19.5 Å². The normalized spacial score (nSPS) is 30.1. The van der Waals surface area contributed by atoms with Crippen LogP contribution in [0.5, 0.6) is 0 Å². The van der Waals surface area contributed by atoms with Crippen LogP contribution in [0.15, 0.2) is 23.0 Å². The van der Waals surface area contributed by atoms with E-state index >= 15 is 0 Å². The first kappa shape index (κ1) is 14.3. The fraction of sp³-hybridized carbons (Fsp3) is 0.583. The van der Waals surface area contributed by atoms with Gasteiger partial charge in [0.1, 0.15) is 11.9 Å². The lowest BCUT2D eigenvalue weighted by Gasteiger charge is -2.22. The summed E-state index contributed by atoms with van der Waals surface area (Å²) in [5.74, 6) is 0.0661. The van der Waals surface area contributed by atoms with Crippen molar-refractivity contribution in [3.05, 3.63) is 23.0 Å². The molecule has 2 rings (SSSR count). The molecular formula is C12H18O4S. The summed E-state index contributed by atoms with van der Waals surface area (Å²) in [6.07, 6.45) is 2.83. The van der Waals surface area contributed by atoms with Gasteiger partial charge in [0.05, 0.1) is 11.7 Å². The predicted octanol–water partition coefficient (Wildman–Crippen LogP) is 1.15. The van der Waals surface area contributed by atoms with Crippen LogP contribution in [0.2, 0.25) is 0 Å². The number of aliphatic hydroxyl groups is 2. The van der Waals surface area contributed by atoms with Crippen molar-refractivity contribution in [1.82, 2.24) is 0 Å². The van der Waals surface area contributed by atoms with Gasteiger partial charge in [-0.1, -0.05) is 13.3 Å². The molecule has 2 N–H and O–H groups in total. The first-order valence-electron chi connectivity index (χ1n) is 5.67. The molecule has 0 saturated carbocycles. The average molecular weight is 258 g/mol. The van der Waals surface area contributed by atoms with Gasteiger partial charge in [0, 0.05) is 5.57 Å². The minimum absolute atomic E-state index is 0. The number of hydrogen-bond donors (Lipinski definition) is 2. The molecular weight excluding hydrogens is 240 g/mol. The maximum absolute atomic E-state index is 11.5. The molecule has 0 aromatic heterocycles. The Hall–Kier alpha value is -0.780. The molecule has 1 aliphatic carbocycles. The van der Waals surface area contributed by atoms with Crippen molar-refractivity contribution in [2.24, 2.45) is 0 Å². The van der Waals surface area contributed by atoms with Crippen LogP contribution in [0, 0.1) is 0 Å². The van der Waals surface area contributed by atoms with E-state index in [4.69, 9.17) is 4.74 Å². The lowest BCUT2D eigenvalue weighted by Crippen LogP contribution is -2.33. The van der Waals surface area contributed by atoms with Crippen LogP contribution in [0.25, 0.3) is 0 Å². The Balaban J connectivity index is 0.00000144. The summed E-state index contributed by atoms with van der Waals surface area (Å²) in [4.78, 5) is 11.5. The molecule has 5 heteroatoms. The molecule has 1 aliphatic heterocycles. The van der Waals surface area contributed by atoms with Crippen LogP contribution >= 0.6 is 13.5 Å². The second-order valence-electron chi connectivity index (χ2n) is 4.19. The molecule has 0 radical (unpaired) electrons. The van der Waals surface area contributed by atoms with E-state index in [0.29, 0.717) is 18.6 Å². The van der Waals surface area contributed by atoms with Crippen LogP contribution in [0.1, 0.15) is 32.6 Å². The highest BCUT2D eigenvalue weighted by atomic mass is 32.1. The second kappa shape index (κ2) is 5.71. The largest absolute Gasteiger partial charge is 0.423 e. The Bertz CT molecular complexity index is 373. The highest BCUT2D eigenvalue weighted by Gasteiger charge is 2.40. The van der Waals surface area contributed by atoms with Crippen molar-refractivity contribution in [1.29, 1.82) is 0 Å². The molecule has 0 saturated heterocycles. The standard InChI is InChI=1S/C12H16O4.H2S/c1-2-3-4-9-7-5-6-8(13)11(14)10(7)12(15)16-9;/h4,8,11,13-14H,2-3,5-6H2,1H3;1H2/b9-4-;/t8-,11-;/m0./s1. The summed E-state index contributed by atoms with van der Waals surface area (Å²) < 4.78 is 5.11. The summed E-state index contributed by atoms with van der Waals surface area (Å²) >= 11 is 0. The van der Waals surface area contributed by atoms with E-state index in [2.05, 4.69) is 0 Å². The van der Waals surface area contributed by atoms with Gasteiger partial charge in [0.2, 0.25) is 0 Å². The Morgan fingerprint density at radius 3 is 2.82 bits per heavy atom. The number of ether oxygens (including phenoxy) is 1. The van der Waals surface area contributed by atoms with Gasteiger partial charge in [-0.2, -0.15) is 13.5 Å². The first-order valence-corrected chi connectivity index (χ1v) is 5.67. The maximum atomic E-state index is 11.5. The number of carbonyl (C=O) groups is 1. The Morgan fingerprint density at radius 2 is 2.18 bits per heavy atom. The van der Waals surface area contributed by atoms with E-state index in [9.17, 15) is 15.0 Å². The molecule has 2 aliphatic rings. The van der Waals surface area contributed by atoms with Crippen LogP contribution in [0.4, 0.5) is 0 Å². The van der Waals surface area contributed by atoms with E-state index in [1.807, 2.05) is 13.0 Å². The molecule has 0 aromatic carbocycles. The maximum Gasteiger partial charge on any atom is 0.342 e. The Morgan fingerprint density at radius 1 is 1.47 bits per heavy atom. The van der Waals surface area contributed by atoms with Gasteiger partial charge in [0.25, 0.3) is 0 Å². The van der Waals surface area contributed by atoms with Gasteiger partial charge in [-0.3, -0.25) is 0 Å². The zero-order chi connectivity index (χ0) is 11.7. The van der Waals surface area contributed by atoms with Gasteiger partial charge < -0.3 is 14.9 Å². The third-order valence-electron chi connectivity index (χ3n) is 3.01. The minimum atomic E-state index is -1.09. The lowest BCUT2D eigenvalue weighted by atomic mass is 9.87. The van der Waals surface area contributed by atoms with E-state index in [0.717, 1.165) is 18.4 Å². The molecule has 17 heavy (non-hydrogen) atoms. The third-order valence-corrected chi connectivity index (χ3v) is 3.01. The SMILES string of the molecule is CCC/C=C1\OC(=O)C2=C1CC[C@H](O)[C@@H]2O.S. The Kier molecular flexibility index (Phi) is 4.80. The quantitative estimate of drug-likeness (QED) is 0.729. The topological polar surface area (TPSA) is 66.8 Å². The first-order chi connectivity index (χ1) is 7.65. The monoisotopic (exact) mass is 258 g/mol. The third kappa shape index (κ3) is 2.56. The molecule has 0 amide bonds. The summed E-state index contributed by atoms with van der Waals surface area (Å²) in [7, 11) is 0. The zero-order valence-corrected chi connectivity index (χ0v) is 10.8. The second-order valence-corrected chi connectivity index (χ2v) is 4.19. The lowest BCUT2D eigenvalue weighted by molar-refractivity contribution is -0.135. The fourth-order valence-corrected chi connectivity index (χ4v) is 2.11. The van der Waals surface area contributed by atoms with E-state index in [1.54, 1.807) is 0 Å². The minimum Gasteiger partial charge on any atom is -0.423 e. The van der Waals surface area contributed by atoms with Crippen molar-refractivity contribution in [2.75, 3.05) is 0 Å². The molecule has 2 atom stereocenters. The van der Waals surface area contributed by atoms with Crippen LogP contribution in [-0.2, 0) is 9.53 Å². The van der Waals surface area contributed by atoms with Crippen LogP contribution in [-0.4, -0.2) is 28.4 Å². The number of hydrogen-bond acceptors (Lipinski definition) is 4. The van der Waals surface area contributed by atoms with Crippen LogP contribution < -0.4 is 0 Å². The van der Waals surface area contributed by atoms with Crippen LogP contribution in [0.3, 0.4) is 0 Å². The summed E-state index contributed by atoms with van der Waals surface area (Å²) in [6, 6.07) is 0. The number of allylic oxidation sites excluding steroid dienone is 2. The average Bonchev–Trinajstić information content (AvgIpc) is 2.58.